The molecule has 152 valence electrons. The van der Waals surface area contributed by atoms with Crippen molar-refractivity contribution in [2.24, 2.45) is 0 Å². The number of anilines is 1. The Kier molecular flexibility index (Phi) is 7.39. The summed E-state index contributed by atoms with van der Waals surface area (Å²) >= 11 is 0. The second-order valence-corrected chi connectivity index (χ2v) is 6.69. The fraction of sp³-hybridized carbons (Fsp3) is 0.120. The van der Waals surface area contributed by atoms with Crippen LogP contribution in [0.3, 0.4) is 0 Å². The van der Waals surface area contributed by atoms with E-state index in [4.69, 9.17) is 4.74 Å². The third kappa shape index (κ3) is 6.07. The number of allylic oxidation sites excluding steroid dienone is 3. The lowest BCUT2D eigenvalue weighted by atomic mass is 10.1. The number of hydrogen-bond donors (Lipinski definition) is 2. The van der Waals surface area contributed by atoms with Crippen molar-refractivity contribution in [2.45, 2.75) is 20.1 Å². The Hall–Kier alpha value is -3.86. The van der Waals surface area contributed by atoms with Gasteiger partial charge in [-0.25, -0.2) is 4.79 Å². The number of rotatable bonds is 8. The summed E-state index contributed by atoms with van der Waals surface area (Å²) in [6.07, 6.45) is 5.23. The summed E-state index contributed by atoms with van der Waals surface area (Å²) in [5.41, 5.74) is 4.71. The number of nitrogens with zero attached hydrogens (tertiary/aromatic N) is 1. The summed E-state index contributed by atoms with van der Waals surface area (Å²) < 4.78 is 5.95. The Labute approximate surface area is 177 Å². The average Bonchev–Trinajstić information content (AvgIpc) is 2.79. The van der Waals surface area contributed by atoms with Crippen LogP contribution in [-0.2, 0) is 17.9 Å². The van der Waals surface area contributed by atoms with E-state index in [-0.39, 0.29) is 6.03 Å². The van der Waals surface area contributed by atoms with Crippen molar-refractivity contribution in [3.63, 3.8) is 0 Å². The number of hydrogen-bond acceptors (Lipinski definition) is 3. The molecule has 1 heterocycles. The molecule has 0 unspecified atom stereocenters. The number of ether oxygens (including phenoxy) is 1. The molecule has 1 aromatic heterocycles. The summed E-state index contributed by atoms with van der Waals surface area (Å²) in [4.78, 5) is 16.1. The lowest BCUT2D eigenvalue weighted by molar-refractivity contribution is 0.203. The summed E-state index contributed by atoms with van der Waals surface area (Å²) in [5, 5.41) is 5.63. The molecule has 0 atom stereocenters. The second-order valence-electron chi connectivity index (χ2n) is 6.69. The number of amides is 2. The van der Waals surface area contributed by atoms with Gasteiger partial charge in [0.15, 0.2) is 0 Å². The quantitative estimate of drug-likeness (QED) is 0.386. The molecule has 0 spiro atoms. The highest BCUT2D eigenvalue weighted by atomic mass is 16.5. The lowest BCUT2D eigenvalue weighted by Gasteiger charge is -2.12. The van der Waals surface area contributed by atoms with Gasteiger partial charge in [0.05, 0.1) is 0 Å². The monoisotopic (exact) mass is 399 g/mol. The molecule has 3 rings (SSSR count). The van der Waals surface area contributed by atoms with Crippen molar-refractivity contribution in [1.82, 2.24) is 10.3 Å². The first-order valence-electron chi connectivity index (χ1n) is 9.70. The van der Waals surface area contributed by atoms with Crippen LogP contribution in [0.5, 0.6) is 0 Å². The van der Waals surface area contributed by atoms with Crippen LogP contribution in [0.2, 0.25) is 0 Å². The molecule has 0 aliphatic carbocycles. The smallest absolute Gasteiger partial charge is 0.319 e. The van der Waals surface area contributed by atoms with Crippen LogP contribution in [0.4, 0.5) is 10.5 Å². The molecule has 0 aliphatic rings. The van der Waals surface area contributed by atoms with Crippen LogP contribution in [0.15, 0.2) is 97.5 Å². The Bertz CT molecular complexity index is 998. The van der Waals surface area contributed by atoms with Crippen molar-refractivity contribution in [1.29, 1.82) is 0 Å². The van der Waals surface area contributed by atoms with Crippen molar-refractivity contribution in [2.75, 3.05) is 5.32 Å². The average molecular weight is 399 g/mol. The van der Waals surface area contributed by atoms with Gasteiger partial charge < -0.3 is 15.4 Å². The van der Waals surface area contributed by atoms with E-state index in [0.29, 0.717) is 18.8 Å². The van der Waals surface area contributed by atoms with Crippen molar-refractivity contribution >= 4 is 17.3 Å². The zero-order chi connectivity index (χ0) is 21.2. The van der Waals surface area contributed by atoms with Crippen molar-refractivity contribution in [3.8, 4) is 0 Å². The van der Waals surface area contributed by atoms with Gasteiger partial charge in [-0.3, -0.25) is 4.98 Å². The van der Waals surface area contributed by atoms with E-state index in [2.05, 4.69) is 22.2 Å². The highest BCUT2D eigenvalue weighted by Crippen LogP contribution is 2.21. The van der Waals surface area contributed by atoms with Crippen LogP contribution >= 0.6 is 0 Å². The van der Waals surface area contributed by atoms with Gasteiger partial charge in [0.1, 0.15) is 12.4 Å². The highest BCUT2D eigenvalue weighted by molar-refractivity contribution is 5.89. The predicted molar refractivity (Wildman–Crippen MR) is 121 cm³/mol. The van der Waals surface area contributed by atoms with Gasteiger partial charge in [0, 0.05) is 30.2 Å². The van der Waals surface area contributed by atoms with E-state index in [1.807, 2.05) is 79.7 Å². The van der Waals surface area contributed by atoms with Gasteiger partial charge in [-0.05, 0) is 41.8 Å². The minimum Gasteiger partial charge on any atom is -0.493 e. The molecule has 3 aromatic rings. The molecule has 0 saturated heterocycles. The van der Waals surface area contributed by atoms with E-state index in [1.54, 1.807) is 12.4 Å². The summed E-state index contributed by atoms with van der Waals surface area (Å²) in [7, 11) is 0. The van der Waals surface area contributed by atoms with E-state index < -0.39 is 0 Å². The topological polar surface area (TPSA) is 63.2 Å². The highest BCUT2D eigenvalue weighted by Gasteiger charge is 2.05. The molecule has 5 nitrogen and oxygen atoms in total. The largest absolute Gasteiger partial charge is 0.493 e. The molecule has 2 N–H and O–H groups in total. The van der Waals surface area contributed by atoms with Gasteiger partial charge in [-0.1, -0.05) is 61.2 Å². The Morgan fingerprint density at radius 3 is 2.47 bits per heavy atom. The van der Waals surface area contributed by atoms with E-state index in [9.17, 15) is 4.79 Å². The third-order valence-corrected chi connectivity index (χ3v) is 4.51. The van der Waals surface area contributed by atoms with Gasteiger partial charge in [0.25, 0.3) is 0 Å². The van der Waals surface area contributed by atoms with Crippen LogP contribution < -0.4 is 10.6 Å². The van der Waals surface area contributed by atoms with E-state index in [0.717, 1.165) is 28.0 Å². The van der Waals surface area contributed by atoms with Gasteiger partial charge >= 0.3 is 6.03 Å². The molecular formula is C25H25N3O2. The second kappa shape index (κ2) is 10.6. The first-order chi connectivity index (χ1) is 14.7. The predicted octanol–water partition coefficient (Wildman–Crippen LogP) is 5.54. The zero-order valence-corrected chi connectivity index (χ0v) is 17.0. The fourth-order valence-corrected chi connectivity index (χ4v) is 2.90. The normalized spacial score (nSPS) is 11.2. The van der Waals surface area contributed by atoms with Crippen LogP contribution in [0.25, 0.3) is 5.57 Å². The zero-order valence-electron chi connectivity index (χ0n) is 17.0. The summed E-state index contributed by atoms with van der Waals surface area (Å²) in [6.45, 7) is 6.69. The van der Waals surface area contributed by atoms with Crippen LogP contribution in [0, 0.1) is 0 Å². The molecular weight excluding hydrogens is 374 g/mol. The number of aromatic nitrogens is 1. The third-order valence-electron chi connectivity index (χ3n) is 4.51. The van der Waals surface area contributed by atoms with Gasteiger partial charge in [0.2, 0.25) is 0 Å². The van der Waals surface area contributed by atoms with Crippen molar-refractivity contribution in [3.05, 3.63) is 114 Å². The fourth-order valence-electron chi connectivity index (χ4n) is 2.90. The molecule has 2 amide bonds. The van der Waals surface area contributed by atoms with E-state index in [1.165, 1.54) is 0 Å². The summed E-state index contributed by atoms with van der Waals surface area (Å²) in [5.74, 6) is 0.813. The van der Waals surface area contributed by atoms with E-state index >= 15 is 0 Å². The number of carbonyl (C=O) groups is 1. The number of urea groups is 1. The number of nitrogens with one attached hydrogen (secondary N) is 2. The summed E-state index contributed by atoms with van der Waals surface area (Å²) in [6, 6.07) is 21.1. The van der Waals surface area contributed by atoms with Crippen LogP contribution in [-0.4, -0.2) is 11.0 Å². The molecule has 5 heteroatoms. The Balaban J connectivity index is 1.52. The minimum atomic E-state index is -0.264. The molecule has 30 heavy (non-hydrogen) atoms. The standard InChI is InChI=1S/C25H25N3O2/c1-3-24(22-9-5-4-6-10-22)19(2)30-18-20-11-13-23(14-12-20)28-25(29)27-17-21-8-7-15-26-16-21/h3-16H,1,17-18H2,2H3,(H2,27,28,29). The molecule has 2 aromatic carbocycles. The lowest BCUT2D eigenvalue weighted by Crippen LogP contribution is -2.28. The number of benzene rings is 2. The first-order valence-corrected chi connectivity index (χ1v) is 9.70. The number of carbonyl (C=O) groups excluding carboxylic acids is 1. The SMILES string of the molecule is C=CC(=C(C)OCc1ccc(NC(=O)NCc2cccnc2)cc1)c1ccccc1. The Morgan fingerprint density at radius 1 is 1.03 bits per heavy atom. The van der Waals surface area contributed by atoms with Crippen molar-refractivity contribution < 1.29 is 9.53 Å². The number of pyridine rings is 1. The maximum Gasteiger partial charge on any atom is 0.319 e. The van der Waals surface area contributed by atoms with Gasteiger partial charge in [-0.15, -0.1) is 0 Å². The minimum absolute atomic E-state index is 0.264. The molecule has 0 aliphatic heterocycles. The molecule has 0 fully saturated rings. The molecule has 0 radical (unpaired) electrons. The first kappa shape index (κ1) is 20.9. The maximum atomic E-state index is 12.0. The molecule has 0 bridgehead atoms. The Morgan fingerprint density at radius 2 is 1.80 bits per heavy atom. The van der Waals surface area contributed by atoms with Gasteiger partial charge in [-0.2, -0.15) is 0 Å². The molecule has 0 saturated carbocycles. The van der Waals surface area contributed by atoms with Crippen LogP contribution in [0.1, 0.15) is 23.6 Å². The maximum absolute atomic E-state index is 12.0.